The standard InChI is InChI=1S/C34H41ClN4O4/c1-5-42-31(40)24-9-6-8-23(18-24)29-27-14-17-36-20-28(27)38-30(39-29)22-12-15-34(16-13-22,25-10-7-11-26(35)19-25)21-37-32(41)43-33(2,3)4/h6-11,14,17-20,22,29-30,38-39H,5,12-13,15-16,21H2,1-4H3,(H,37,41). The number of fused-ring (bicyclic) bond motifs is 1. The van der Waals surface area contributed by atoms with Gasteiger partial charge in [-0.05, 0) is 106 Å². The van der Waals surface area contributed by atoms with Gasteiger partial charge in [0.05, 0.1) is 36.3 Å². The predicted molar refractivity (Wildman–Crippen MR) is 168 cm³/mol. The van der Waals surface area contributed by atoms with E-state index in [1.54, 1.807) is 12.3 Å². The molecule has 1 aromatic heterocycles. The van der Waals surface area contributed by atoms with Crippen LogP contribution in [0.4, 0.5) is 10.5 Å². The maximum Gasteiger partial charge on any atom is 0.407 e. The van der Waals surface area contributed by atoms with Gasteiger partial charge in [-0.1, -0.05) is 35.9 Å². The third-order valence-electron chi connectivity index (χ3n) is 8.42. The van der Waals surface area contributed by atoms with Gasteiger partial charge in [0, 0.05) is 23.2 Å². The fraction of sp³-hybridized carbons (Fsp3) is 0.441. The van der Waals surface area contributed by atoms with Gasteiger partial charge >= 0.3 is 12.1 Å². The van der Waals surface area contributed by atoms with Gasteiger partial charge in [0.25, 0.3) is 0 Å². The average Bonchev–Trinajstić information content (AvgIpc) is 2.99. The Labute approximate surface area is 258 Å². The molecule has 43 heavy (non-hydrogen) atoms. The highest BCUT2D eigenvalue weighted by Gasteiger charge is 2.41. The Morgan fingerprint density at radius 1 is 1.09 bits per heavy atom. The summed E-state index contributed by atoms with van der Waals surface area (Å²) in [5, 5.41) is 11.3. The first kappa shape index (κ1) is 30.8. The average molecular weight is 605 g/mol. The zero-order valence-electron chi connectivity index (χ0n) is 25.3. The molecular weight excluding hydrogens is 564 g/mol. The Kier molecular flexibility index (Phi) is 9.28. The van der Waals surface area contributed by atoms with E-state index in [2.05, 4.69) is 27.0 Å². The summed E-state index contributed by atoms with van der Waals surface area (Å²) in [6.45, 7) is 8.20. The molecule has 3 N–H and O–H groups in total. The lowest BCUT2D eigenvalue weighted by molar-refractivity contribution is 0.0498. The van der Waals surface area contributed by atoms with Crippen molar-refractivity contribution in [1.29, 1.82) is 0 Å². The topological polar surface area (TPSA) is 102 Å². The largest absolute Gasteiger partial charge is 0.462 e. The van der Waals surface area contributed by atoms with Crippen molar-refractivity contribution < 1.29 is 19.1 Å². The van der Waals surface area contributed by atoms with Gasteiger partial charge in [0.2, 0.25) is 0 Å². The number of nitrogens with one attached hydrogen (secondary N) is 3. The molecule has 1 fully saturated rings. The molecule has 3 aromatic rings. The Hall–Kier alpha value is -3.62. The Balaban J connectivity index is 1.36. The number of esters is 1. The molecule has 2 aliphatic rings. The Morgan fingerprint density at radius 2 is 1.86 bits per heavy atom. The van der Waals surface area contributed by atoms with Crippen LogP contribution in [-0.4, -0.2) is 42.0 Å². The first-order valence-electron chi connectivity index (χ1n) is 15.0. The minimum Gasteiger partial charge on any atom is -0.462 e. The van der Waals surface area contributed by atoms with Gasteiger partial charge in [0.1, 0.15) is 5.60 Å². The summed E-state index contributed by atoms with van der Waals surface area (Å²) in [5.74, 6) is -0.00709. The molecule has 1 aliphatic heterocycles. The number of nitrogens with zero attached hydrogens (tertiary/aromatic N) is 1. The first-order chi connectivity index (χ1) is 20.6. The summed E-state index contributed by atoms with van der Waals surface area (Å²) in [6, 6.07) is 17.5. The van der Waals surface area contributed by atoms with Gasteiger partial charge in [0.15, 0.2) is 0 Å². The summed E-state index contributed by atoms with van der Waals surface area (Å²) < 4.78 is 10.8. The van der Waals surface area contributed by atoms with E-state index in [4.69, 9.17) is 21.1 Å². The number of carbonyl (C=O) groups excluding carboxylic acids is 2. The highest BCUT2D eigenvalue weighted by Crippen LogP contribution is 2.44. The van der Waals surface area contributed by atoms with Gasteiger partial charge < -0.3 is 20.1 Å². The number of hydrogen-bond acceptors (Lipinski definition) is 7. The normalized spacial score (nSPS) is 23.4. The summed E-state index contributed by atoms with van der Waals surface area (Å²) in [6.07, 6.45) is 6.84. The molecule has 8 nitrogen and oxygen atoms in total. The number of benzene rings is 2. The van der Waals surface area contributed by atoms with Crippen molar-refractivity contribution in [3.63, 3.8) is 0 Å². The number of pyridine rings is 1. The predicted octanol–water partition coefficient (Wildman–Crippen LogP) is 7.00. The molecule has 0 saturated heterocycles. The van der Waals surface area contributed by atoms with Crippen molar-refractivity contribution in [3.05, 3.63) is 94.3 Å². The maximum atomic E-state index is 12.6. The van der Waals surface area contributed by atoms with Crippen LogP contribution in [0.15, 0.2) is 67.0 Å². The number of rotatable bonds is 7. The number of carbonyl (C=O) groups is 2. The van der Waals surface area contributed by atoms with Crippen LogP contribution in [-0.2, 0) is 14.9 Å². The third kappa shape index (κ3) is 7.31. The van der Waals surface area contributed by atoms with E-state index in [1.165, 1.54) is 0 Å². The van der Waals surface area contributed by atoms with E-state index >= 15 is 0 Å². The lowest BCUT2D eigenvalue weighted by Crippen LogP contribution is -2.51. The molecule has 0 spiro atoms. The number of aromatic nitrogens is 1. The zero-order valence-corrected chi connectivity index (χ0v) is 26.0. The van der Waals surface area contributed by atoms with Crippen molar-refractivity contribution in [2.24, 2.45) is 5.92 Å². The molecule has 1 aliphatic carbocycles. The van der Waals surface area contributed by atoms with Crippen molar-refractivity contribution in [3.8, 4) is 0 Å². The lowest BCUT2D eigenvalue weighted by atomic mass is 9.65. The van der Waals surface area contributed by atoms with Crippen LogP contribution in [0.25, 0.3) is 0 Å². The van der Waals surface area contributed by atoms with E-state index in [9.17, 15) is 9.59 Å². The molecule has 2 atom stereocenters. The fourth-order valence-corrected chi connectivity index (χ4v) is 6.50. The van der Waals surface area contributed by atoms with E-state index in [0.717, 1.165) is 48.1 Å². The molecule has 2 aromatic carbocycles. The minimum atomic E-state index is -0.569. The molecule has 228 valence electrons. The number of anilines is 1. The van der Waals surface area contributed by atoms with E-state index in [0.29, 0.717) is 29.7 Å². The smallest absolute Gasteiger partial charge is 0.407 e. The maximum absolute atomic E-state index is 12.6. The SMILES string of the molecule is CCOC(=O)c1cccc(C2NC(C3CCC(CNC(=O)OC(C)(C)C)(c4cccc(Cl)c4)CC3)Nc3cnccc32)c1. The Bertz CT molecular complexity index is 1450. The van der Waals surface area contributed by atoms with Crippen LogP contribution in [0.1, 0.15) is 86.5 Å². The summed E-state index contributed by atoms with van der Waals surface area (Å²) in [4.78, 5) is 29.5. The van der Waals surface area contributed by atoms with Crippen molar-refractivity contribution in [2.45, 2.75) is 76.6 Å². The molecular formula is C34H41ClN4O4. The number of amides is 1. The highest BCUT2D eigenvalue weighted by atomic mass is 35.5. The third-order valence-corrected chi connectivity index (χ3v) is 8.65. The van der Waals surface area contributed by atoms with Crippen LogP contribution < -0.4 is 16.0 Å². The molecule has 2 heterocycles. The molecule has 9 heteroatoms. The molecule has 0 bridgehead atoms. The quantitative estimate of drug-likeness (QED) is 0.250. The minimum absolute atomic E-state index is 0.0101. The second kappa shape index (κ2) is 12.9. The number of ether oxygens (including phenoxy) is 2. The molecule has 1 amide bonds. The summed E-state index contributed by atoms with van der Waals surface area (Å²) in [5.41, 5.74) is 3.89. The van der Waals surface area contributed by atoms with Crippen LogP contribution in [0.5, 0.6) is 0 Å². The molecule has 0 radical (unpaired) electrons. The van der Waals surface area contributed by atoms with Crippen LogP contribution in [0.3, 0.4) is 0 Å². The van der Waals surface area contributed by atoms with Crippen molar-refractivity contribution in [1.82, 2.24) is 15.6 Å². The van der Waals surface area contributed by atoms with Gasteiger partial charge in [-0.15, -0.1) is 0 Å². The summed E-state index contributed by atoms with van der Waals surface area (Å²) in [7, 11) is 0. The van der Waals surface area contributed by atoms with Crippen LogP contribution in [0.2, 0.25) is 5.02 Å². The number of hydrogen-bond donors (Lipinski definition) is 3. The van der Waals surface area contributed by atoms with E-state index in [1.807, 2.05) is 76.4 Å². The van der Waals surface area contributed by atoms with Gasteiger partial charge in [-0.3, -0.25) is 10.3 Å². The van der Waals surface area contributed by atoms with Crippen LogP contribution >= 0.6 is 11.6 Å². The van der Waals surface area contributed by atoms with Crippen molar-refractivity contribution >= 4 is 29.4 Å². The van der Waals surface area contributed by atoms with Gasteiger partial charge in [-0.25, -0.2) is 9.59 Å². The summed E-state index contributed by atoms with van der Waals surface area (Å²) >= 11 is 6.43. The van der Waals surface area contributed by atoms with E-state index in [-0.39, 0.29) is 23.6 Å². The van der Waals surface area contributed by atoms with Crippen LogP contribution in [0, 0.1) is 5.92 Å². The van der Waals surface area contributed by atoms with E-state index < -0.39 is 11.7 Å². The number of alkyl carbamates (subject to hydrolysis) is 1. The molecule has 1 saturated carbocycles. The van der Waals surface area contributed by atoms with Crippen molar-refractivity contribution in [2.75, 3.05) is 18.5 Å². The second-order valence-electron chi connectivity index (χ2n) is 12.5. The highest BCUT2D eigenvalue weighted by molar-refractivity contribution is 6.30. The monoisotopic (exact) mass is 604 g/mol. The fourth-order valence-electron chi connectivity index (χ4n) is 6.31. The number of halogens is 1. The van der Waals surface area contributed by atoms with Gasteiger partial charge in [-0.2, -0.15) is 0 Å². The zero-order chi connectivity index (χ0) is 30.6. The first-order valence-corrected chi connectivity index (χ1v) is 15.4. The Morgan fingerprint density at radius 3 is 2.58 bits per heavy atom. The molecule has 2 unspecified atom stereocenters. The lowest BCUT2D eigenvalue weighted by Gasteiger charge is -2.45. The molecule has 5 rings (SSSR count). The second-order valence-corrected chi connectivity index (χ2v) is 13.0.